The number of ether oxygens (including phenoxy) is 2. The van der Waals surface area contributed by atoms with Gasteiger partial charge in [0.1, 0.15) is 5.72 Å². The van der Waals surface area contributed by atoms with Crippen LogP contribution < -0.4 is 5.32 Å². The lowest BCUT2D eigenvalue weighted by atomic mass is 10.1. The molecule has 2 rings (SSSR count). The molecule has 0 aromatic carbocycles. The van der Waals surface area contributed by atoms with Gasteiger partial charge in [-0.15, -0.1) is 0 Å². The van der Waals surface area contributed by atoms with Crippen molar-refractivity contribution >= 4 is 0 Å². The Labute approximate surface area is 91.9 Å². The molecule has 0 amide bonds. The Morgan fingerprint density at radius 3 is 2.73 bits per heavy atom. The van der Waals surface area contributed by atoms with Gasteiger partial charge in [0.2, 0.25) is 0 Å². The third-order valence-electron chi connectivity index (χ3n) is 3.23. The van der Waals surface area contributed by atoms with Crippen molar-refractivity contribution in [2.75, 3.05) is 39.4 Å². The Morgan fingerprint density at radius 1 is 1.40 bits per heavy atom. The van der Waals surface area contributed by atoms with E-state index in [1.165, 1.54) is 0 Å². The summed E-state index contributed by atoms with van der Waals surface area (Å²) >= 11 is 0. The largest absolute Gasteiger partial charge is 0.379 e. The van der Waals surface area contributed by atoms with Crippen molar-refractivity contribution in [1.82, 2.24) is 10.2 Å². The highest BCUT2D eigenvalue weighted by molar-refractivity contribution is 4.83. The van der Waals surface area contributed by atoms with E-state index >= 15 is 0 Å². The monoisotopic (exact) mass is 214 g/mol. The van der Waals surface area contributed by atoms with Crippen molar-refractivity contribution in [3.8, 4) is 0 Å². The zero-order valence-electron chi connectivity index (χ0n) is 9.79. The van der Waals surface area contributed by atoms with Gasteiger partial charge in [0.25, 0.3) is 0 Å². The van der Waals surface area contributed by atoms with Gasteiger partial charge in [0.15, 0.2) is 0 Å². The summed E-state index contributed by atoms with van der Waals surface area (Å²) in [5, 5.41) is 3.44. The Morgan fingerprint density at radius 2 is 2.13 bits per heavy atom. The van der Waals surface area contributed by atoms with E-state index in [1.54, 1.807) is 0 Å². The number of rotatable bonds is 3. The zero-order valence-corrected chi connectivity index (χ0v) is 9.79. The SMILES string of the molecule is CC1CNC(C)(CCN2CCOCC2)O1. The molecule has 0 aromatic heterocycles. The summed E-state index contributed by atoms with van der Waals surface area (Å²) in [5.41, 5.74) is -0.113. The molecule has 2 heterocycles. The quantitative estimate of drug-likeness (QED) is 0.739. The zero-order chi connectivity index (χ0) is 10.7. The van der Waals surface area contributed by atoms with Crippen molar-refractivity contribution in [2.24, 2.45) is 0 Å². The minimum atomic E-state index is -0.113. The first-order valence-corrected chi connectivity index (χ1v) is 5.91. The summed E-state index contributed by atoms with van der Waals surface area (Å²) in [5.74, 6) is 0. The lowest BCUT2D eigenvalue weighted by Crippen LogP contribution is -2.44. The Kier molecular flexibility index (Phi) is 3.61. The molecular formula is C11H22N2O2. The van der Waals surface area contributed by atoms with Crippen molar-refractivity contribution < 1.29 is 9.47 Å². The lowest BCUT2D eigenvalue weighted by Gasteiger charge is -2.31. The van der Waals surface area contributed by atoms with E-state index in [-0.39, 0.29) is 5.72 Å². The Balaban J connectivity index is 1.72. The topological polar surface area (TPSA) is 33.7 Å². The summed E-state index contributed by atoms with van der Waals surface area (Å²) in [6.45, 7) is 10.2. The summed E-state index contributed by atoms with van der Waals surface area (Å²) in [6.07, 6.45) is 1.40. The smallest absolute Gasteiger partial charge is 0.118 e. The van der Waals surface area contributed by atoms with Crippen LogP contribution >= 0.6 is 0 Å². The van der Waals surface area contributed by atoms with Gasteiger partial charge in [-0.3, -0.25) is 10.2 Å². The first-order chi connectivity index (χ1) is 7.18. The molecule has 4 heteroatoms. The van der Waals surface area contributed by atoms with Crippen LogP contribution in [-0.4, -0.2) is 56.1 Å². The number of nitrogens with zero attached hydrogens (tertiary/aromatic N) is 1. The minimum Gasteiger partial charge on any atom is -0.379 e. The van der Waals surface area contributed by atoms with Crippen LogP contribution in [0.1, 0.15) is 20.3 Å². The maximum atomic E-state index is 5.87. The molecule has 0 aromatic rings. The lowest BCUT2D eigenvalue weighted by molar-refractivity contribution is -0.0467. The molecule has 88 valence electrons. The van der Waals surface area contributed by atoms with E-state index in [0.29, 0.717) is 6.10 Å². The molecule has 2 aliphatic rings. The van der Waals surface area contributed by atoms with Crippen LogP contribution in [0.25, 0.3) is 0 Å². The van der Waals surface area contributed by atoms with Gasteiger partial charge in [0.05, 0.1) is 19.3 Å². The molecule has 2 saturated heterocycles. The predicted octanol–water partition coefficient (Wildman–Crippen LogP) is 0.433. The molecule has 2 atom stereocenters. The average Bonchev–Trinajstić information content (AvgIpc) is 2.58. The summed E-state index contributed by atoms with van der Waals surface area (Å²) < 4.78 is 11.2. The second-order valence-electron chi connectivity index (χ2n) is 4.74. The third-order valence-corrected chi connectivity index (χ3v) is 3.23. The molecular weight excluding hydrogens is 192 g/mol. The van der Waals surface area contributed by atoms with Crippen molar-refractivity contribution in [1.29, 1.82) is 0 Å². The molecule has 0 aliphatic carbocycles. The second kappa shape index (κ2) is 4.78. The molecule has 2 aliphatic heterocycles. The molecule has 15 heavy (non-hydrogen) atoms. The van der Waals surface area contributed by atoms with Crippen LogP contribution in [0.15, 0.2) is 0 Å². The van der Waals surface area contributed by atoms with E-state index in [4.69, 9.17) is 9.47 Å². The molecule has 1 N–H and O–H groups in total. The average molecular weight is 214 g/mol. The van der Waals surface area contributed by atoms with E-state index < -0.39 is 0 Å². The highest BCUT2D eigenvalue weighted by Crippen LogP contribution is 2.20. The van der Waals surface area contributed by atoms with Gasteiger partial charge in [0, 0.05) is 32.6 Å². The highest BCUT2D eigenvalue weighted by Gasteiger charge is 2.33. The second-order valence-corrected chi connectivity index (χ2v) is 4.74. The van der Waals surface area contributed by atoms with Crippen LogP contribution in [0.3, 0.4) is 0 Å². The van der Waals surface area contributed by atoms with Crippen LogP contribution in [0.4, 0.5) is 0 Å². The van der Waals surface area contributed by atoms with E-state index in [0.717, 1.165) is 45.8 Å². The van der Waals surface area contributed by atoms with Gasteiger partial charge < -0.3 is 9.47 Å². The normalized spacial score (nSPS) is 38.4. The van der Waals surface area contributed by atoms with Crippen LogP contribution in [0.2, 0.25) is 0 Å². The summed E-state index contributed by atoms with van der Waals surface area (Å²) in [6, 6.07) is 0. The number of morpholine rings is 1. The third kappa shape index (κ3) is 3.14. The molecule has 2 unspecified atom stereocenters. The van der Waals surface area contributed by atoms with Gasteiger partial charge in [-0.1, -0.05) is 0 Å². The fraction of sp³-hybridized carbons (Fsp3) is 1.00. The standard InChI is InChI=1S/C11H22N2O2/c1-10-9-12-11(2,15-10)3-4-13-5-7-14-8-6-13/h10,12H,3-9H2,1-2H3. The van der Waals surface area contributed by atoms with Crippen molar-refractivity contribution in [3.63, 3.8) is 0 Å². The van der Waals surface area contributed by atoms with Crippen LogP contribution in [0, 0.1) is 0 Å². The van der Waals surface area contributed by atoms with Gasteiger partial charge in [-0.2, -0.15) is 0 Å². The molecule has 0 saturated carbocycles. The number of hydrogen-bond donors (Lipinski definition) is 1. The highest BCUT2D eigenvalue weighted by atomic mass is 16.5. The van der Waals surface area contributed by atoms with E-state index in [1.807, 2.05) is 0 Å². The van der Waals surface area contributed by atoms with Crippen LogP contribution in [-0.2, 0) is 9.47 Å². The summed E-state index contributed by atoms with van der Waals surface area (Å²) in [7, 11) is 0. The van der Waals surface area contributed by atoms with Gasteiger partial charge >= 0.3 is 0 Å². The van der Waals surface area contributed by atoms with Crippen LogP contribution in [0.5, 0.6) is 0 Å². The van der Waals surface area contributed by atoms with Crippen molar-refractivity contribution in [3.05, 3.63) is 0 Å². The Bertz CT molecular complexity index is 207. The molecule has 4 nitrogen and oxygen atoms in total. The molecule has 2 fully saturated rings. The fourth-order valence-electron chi connectivity index (χ4n) is 2.23. The number of hydrogen-bond acceptors (Lipinski definition) is 4. The fourth-order valence-corrected chi connectivity index (χ4v) is 2.23. The van der Waals surface area contributed by atoms with E-state index in [2.05, 4.69) is 24.1 Å². The predicted molar refractivity (Wildman–Crippen MR) is 58.8 cm³/mol. The molecule has 0 radical (unpaired) electrons. The molecule has 0 spiro atoms. The number of nitrogens with one attached hydrogen (secondary N) is 1. The Hall–Kier alpha value is -0.160. The van der Waals surface area contributed by atoms with Gasteiger partial charge in [-0.25, -0.2) is 0 Å². The maximum Gasteiger partial charge on any atom is 0.118 e. The van der Waals surface area contributed by atoms with Gasteiger partial charge in [-0.05, 0) is 13.8 Å². The molecule has 0 bridgehead atoms. The minimum absolute atomic E-state index is 0.113. The first-order valence-electron chi connectivity index (χ1n) is 5.91. The van der Waals surface area contributed by atoms with Crippen molar-refractivity contribution in [2.45, 2.75) is 32.1 Å². The van der Waals surface area contributed by atoms with E-state index in [9.17, 15) is 0 Å². The maximum absolute atomic E-state index is 5.87. The first kappa shape index (κ1) is 11.3. The summed E-state index contributed by atoms with van der Waals surface area (Å²) in [4.78, 5) is 2.45.